The van der Waals surface area contributed by atoms with Crippen LogP contribution in [0.5, 0.6) is 17.5 Å². The Labute approximate surface area is 179 Å². The largest absolute Gasteiger partial charge is 0.494 e. The van der Waals surface area contributed by atoms with Crippen molar-refractivity contribution in [2.45, 2.75) is 6.92 Å². The maximum Gasteiger partial charge on any atom is 0.226 e. The summed E-state index contributed by atoms with van der Waals surface area (Å²) in [6.45, 7) is 2.49. The molecule has 2 aromatic heterocycles. The number of nitrogens with zero attached hydrogens (tertiary/aromatic N) is 3. The van der Waals surface area contributed by atoms with Crippen molar-refractivity contribution < 1.29 is 14.9 Å². The van der Waals surface area contributed by atoms with E-state index >= 15 is 0 Å². The van der Waals surface area contributed by atoms with Gasteiger partial charge in [0, 0.05) is 5.56 Å². The Bertz CT molecular complexity index is 1260. The molecule has 5 rings (SSSR count). The minimum Gasteiger partial charge on any atom is -0.494 e. The van der Waals surface area contributed by atoms with Crippen molar-refractivity contribution in [1.82, 2.24) is 14.3 Å². The zero-order valence-electron chi connectivity index (χ0n) is 16.9. The SMILES string of the molecule is CCOc1ccc(-n2c(O)c3c(-c4ccccc4)nn(-c4ccccc4)c3c2O)cc1. The second-order valence-electron chi connectivity index (χ2n) is 7.10. The van der Waals surface area contributed by atoms with Crippen molar-refractivity contribution >= 4 is 10.9 Å². The number of hydrogen-bond donors (Lipinski definition) is 2. The summed E-state index contributed by atoms with van der Waals surface area (Å²) in [4.78, 5) is 0. The molecule has 0 amide bonds. The molecule has 0 aliphatic heterocycles. The second kappa shape index (κ2) is 7.57. The van der Waals surface area contributed by atoms with Gasteiger partial charge in [-0.05, 0) is 43.3 Å². The second-order valence-corrected chi connectivity index (χ2v) is 7.10. The normalized spacial score (nSPS) is 11.1. The van der Waals surface area contributed by atoms with Gasteiger partial charge in [-0.1, -0.05) is 48.5 Å². The van der Waals surface area contributed by atoms with E-state index in [1.54, 1.807) is 16.8 Å². The van der Waals surface area contributed by atoms with E-state index in [0.717, 1.165) is 17.0 Å². The molecule has 0 aliphatic rings. The summed E-state index contributed by atoms with van der Waals surface area (Å²) >= 11 is 0. The molecule has 0 unspecified atom stereocenters. The van der Waals surface area contributed by atoms with Crippen LogP contribution in [0.1, 0.15) is 6.92 Å². The van der Waals surface area contributed by atoms with Gasteiger partial charge in [-0.2, -0.15) is 5.10 Å². The van der Waals surface area contributed by atoms with Crippen LogP contribution in [0, 0.1) is 0 Å². The zero-order chi connectivity index (χ0) is 21.4. The fraction of sp³-hybridized carbons (Fsp3) is 0.0800. The van der Waals surface area contributed by atoms with Crippen molar-refractivity contribution in [3.63, 3.8) is 0 Å². The van der Waals surface area contributed by atoms with Gasteiger partial charge in [0.1, 0.15) is 17.0 Å². The topological polar surface area (TPSA) is 72.4 Å². The Balaban J connectivity index is 1.79. The minimum absolute atomic E-state index is 0.0716. The van der Waals surface area contributed by atoms with E-state index in [1.165, 1.54) is 4.57 Å². The molecule has 6 nitrogen and oxygen atoms in total. The lowest BCUT2D eigenvalue weighted by atomic mass is 10.1. The Morgan fingerprint density at radius 2 is 1.42 bits per heavy atom. The van der Waals surface area contributed by atoms with Crippen LogP contribution in [0.15, 0.2) is 84.9 Å². The van der Waals surface area contributed by atoms with Gasteiger partial charge < -0.3 is 14.9 Å². The number of ether oxygens (including phenoxy) is 1. The van der Waals surface area contributed by atoms with Gasteiger partial charge in [0.05, 0.1) is 23.4 Å². The first kappa shape index (κ1) is 18.8. The van der Waals surface area contributed by atoms with Crippen LogP contribution in [0.3, 0.4) is 0 Å². The van der Waals surface area contributed by atoms with Crippen LogP contribution in [-0.4, -0.2) is 31.2 Å². The predicted molar refractivity (Wildman–Crippen MR) is 120 cm³/mol. The summed E-state index contributed by atoms with van der Waals surface area (Å²) < 4.78 is 8.60. The average Bonchev–Trinajstić information content (AvgIpc) is 3.33. The number of benzene rings is 3. The number of aromatic nitrogens is 3. The third-order valence-corrected chi connectivity index (χ3v) is 5.20. The minimum atomic E-state index is -0.0878. The lowest BCUT2D eigenvalue weighted by molar-refractivity contribution is 0.340. The summed E-state index contributed by atoms with van der Waals surface area (Å²) in [6, 6.07) is 26.4. The van der Waals surface area contributed by atoms with Crippen LogP contribution >= 0.6 is 0 Å². The van der Waals surface area contributed by atoms with Crippen LogP contribution in [0.25, 0.3) is 33.5 Å². The summed E-state index contributed by atoms with van der Waals surface area (Å²) in [7, 11) is 0. The molecular formula is C25H21N3O3. The van der Waals surface area contributed by atoms with E-state index in [-0.39, 0.29) is 11.8 Å². The molecule has 6 heteroatoms. The Kier molecular flexibility index (Phi) is 4.59. The first-order valence-electron chi connectivity index (χ1n) is 10.1. The van der Waals surface area contributed by atoms with Gasteiger partial charge in [0.2, 0.25) is 11.8 Å². The van der Waals surface area contributed by atoms with Crippen LogP contribution in [-0.2, 0) is 0 Å². The summed E-state index contributed by atoms with van der Waals surface area (Å²) in [6.07, 6.45) is 0. The highest BCUT2D eigenvalue weighted by molar-refractivity contribution is 6.02. The van der Waals surface area contributed by atoms with Crippen LogP contribution < -0.4 is 4.74 Å². The first-order valence-corrected chi connectivity index (χ1v) is 10.1. The molecule has 154 valence electrons. The fourth-order valence-corrected chi connectivity index (χ4v) is 3.81. The van der Waals surface area contributed by atoms with Crippen LogP contribution in [0.4, 0.5) is 0 Å². The molecule has 0 fully saturated rings. The lowest BCUT2D eigenvalue weighted by Crippen LogP contribution is -1.99. The molecule has 0 atom stereocenters. The third kappa shape index (κ3) is 3.09. The monoisotopic (exact) mass is 411 g/mol. The van der Waals surface area contributed by atoms with Gasteiger partial charge in [-0.15, -0.1) is 0 Å². The number of rotatable bonds is 5. The van der Waals surface area contributed by atoms with E-state index in [0.29, 0.717) is 28.9 Å². The van der Waals surface area contributed by atoms with E-state index in [1.807, 2.05) is 79.7 Å². The molecule has 3 aromatic carbocycles. The number of aromatic hydroxyl groups is 2. The van der Waals surface area contributed by atoms with Gasteiger partial charge in [-0.3, -0.25) is 0 Å². The molecule has 0 radical (unpaired) electrons. The summed E-state index contributed by atoms with van der Waals surface area (Å²) in [5.74, 6) is 0.565. The standard InChI is InChI=1S/C25H21N3O3/c1-2-31-20-15-13-18(14-16-20)27-24(29)21-22(17-9-5-3-6-10-17)26-28(23(21)25(27)30)19-11-7-4-8-12-19/h3-16,29-30H,2H2,1H3. The van der Waals surface area contributed by atoms with E-state index < -0.39 is 0 Å². The highest BCUT2D eigenvalue weighted by atomic mass is 16.5. The maximum absolute atomic E-state index is 11.2. The fourth-order valence-electron chi connectivity index (χ4n) is 3.81. The van der Waals surface area contributed by atoms with Crippen molar-refractivity contribution in [3.8, 4) is 40.1 Å². The molecular weight excluding hydrogens is 390 g/mol. The predicted octanol–water partition coefficient (Wildman–Crippen LogP) is 5.29. The molecule has 5 aromatic rings. The molecule has 0 saturated heterocycles. The number of fused-ring (bicyclic) bond motifs is 1. The quantitative estimate of drug-likeness (QED) is 0.412. The highest BCUT2D eigenvalue weighted by Gasteiger charge is 2.27. The van der Waals surface area contributed by atoms with Gasteiger partial charge in [0.25, 0.3) is 0 Å². The van der Waals surface area contributed by atoms with E-state index in [9.17, 15) is 10.2 Å². The molecule has 0 bridgehead atoms. The lowest BCUT2D eigenvalue weighted by Gasteiger charge is -2.10. The first-order chi connectivity index (χ1) is 15.2. The molecule has 31 heavy (non-hydrogen) atoms. The maximum atomic E-state index is 11.2. The molecule has 0 aliphatic carbocycles. The smallest absolute Gasteiger partial charge is 0.226 e. The van der Waals surface area contributed by atoms with Gasteiger partial charge in [-0.25, -0.2) is 9.25 Å². The summed E-state index contributed by atoms with van der Waals surface area (Å²) in [5.41, 5.74) is 3.29. The molecule has 2 heterocycles. The highest BCUT2D eigenvalue weighted by Crippen LogP contribution is 2.44. The zero-order valence-corrected chi connectivity index (χ0v) is 16.9. The Hall–Kier alpha value is -4.19. The number of para-hydroxylation sites is 1. The van der Waals surface area contributed by atoms with Gasteiger partial charge >= 0.3 is 0 Å². The van der Waals surface area contributed by atoms with Crippen molar-refractivity contribution in [2.75, 3.05) is 6.61 Å². The Morgan fingerprint density at radius 1 is 0.774 bits per heavy atom. The Morgan fingerprint density at radius 3 is 2.06 bits per heavy atom. The van der Waals surface area contributed by atoms with Crippen molar-refractivity contribution in [1.29, 1.82) is 0 Å². The molecule has 0 saturated carbocycles. The summed E-state index contributed by atoms with van der Waals surface area (Å²) in [5, 5.41) is 27.7. The number of hydrogen-bond acceptors (Lipinski definition) is 4. The molecule has 2 N–H and O–H groups in total. The molecule has 0 spiro atoms. The van der Waals surface area contributed by atoms with Gasteiger partial charge in [0.15, 0.2) is 0 Å². The van der Waals surface area contributed by atoms with Crippen molar-refractivity contribution in [3.05, 3.63) is 84.9 Å². The van der Waals surface area contributed by atoms with E-state index in [2.05, 4.69) is 0 Å². The third-order valence-electron chi connectivity index (χ3n) is 5.20. The average molecular weight is 411 g/mol. The van der Waals surface area contributed by atoms with Crippen LogP contribution in [0.2, 0.25) is 0 Å². The van der Waals surface area contributed by atoms with Crippen molar-refractivity contribution in [2.24, 2.45) is 0 Å². The van der Waals surface area contributed by atoms with E-state index in [4.69, 9.17) is 9.84 Å².